The standard InChI is InChI=1S/C15H12ClNO2/c1-18-13-7-6-11(9-17)15(8-13)19-10-12-4-2-3-5-14(12)16/h2-8H,10H2,1H3. The van der Waals surface area contributed by atoms with Crippen molar-refractivity contribution in [2.24, 2.45) is 0 Å². The Balaban J connectivity index is 2.19. The zero-order chi connectivity index (χ0) is 13.7. The highest BCUT2D eigenvalue weighted by Crippen LogP contribution is 2.26. The van der Waals surface area contributed by atoms with Gasteiger partial charge in [-0.1, -0.05) is 29.8 Å². The molecule has 2 aromatic carbocycles. The molecule has 0 radical (unpaired) electrons. The molecule has 0 bridgehead atoms. The number of benzene rings is 2. The lowest BCUT2D eigenvalue weighted by atomic mass is 10.2. The summed E-state index contributed by atoms with van der Waals surface area (Å²) in [6.45, 7) is 0.307. The zero-order valence-electron chi connectivity index (χ0n) is 10.4. The molecular weight excluding hydrogens is 262 g/mol. The van der Waals surface area contributed by atoms with Crippen molar-refractivity contribution in [3.05, 3.63) is 58.6 Å². The molecule has 3 nitrogen and oxygen atoms in total. The van der Waals surface area contributed by atoms with Crippen molar-refractivity contribution in [2.45, 2.75) is 6.61 Å². The van der Waals surface area contributed by atoms with Gasteiger partial charge in [0, 0.05) is 16.7 Å². The summed E-state index contributed by atoms with van der Waals surface area (Å²) in [5.41, 5.74) is 1.34. The summed E-state index contributed by atoms with van der Waals surface area (Å²) in [5.74, 6) is 1.13. The molecule has 0 N–H and O–H groups in total. The van der Waals surface area contributed by atoms with E-state index in [1.54, 1.807) is 31.4 Å². The van der Waals surface area contributed by atoms with Crippen LogP contribution in [0.3, 0.4) is 0 Å². The van der Waals surface area contributed by atoms with E-state index < -0.39 is 0 Å². The minimum atomic E-state index is 0.307. The first-order valence-electron chi connectivity index (χ1n) is 5.69. The number of hydrogen-bond donors (Lipinski definition) is 0. The second-order valence-corrected chi connectivity index (χ2v) is 4.26. The third-order valence-corrected chi connectivity index (χ3v) is 3.02. The predicted molar refractivity (Wildman–Crippen MR) is 73.5 cm³/mol. The van der Waals surface area contributed by atoms with E-state index >= 15 is 0 Å². The normalized spacial score (nSPS) is 9.74. The molecule has 0 unspecified atom stereocenters. The molecule has 0 saturated carbocycles. The van der Waals surface area contributed by atoms with Crippen LogP contribution < -0.4 is 9.47 Å². The molecule has 0 spiro atoms. The number of halogens is 1. The minimum absolute atomic E-state index is 0.307. The van der Waals surface area contributed by atoms with Crippen LogP contribution in [-0.2, 0) is 6.61 Å². The van der Waals surface area contributed by atoms with Crippen LogP contribution in [0.1, 0.15) is 11.1 Å². The van der Waals surface area contributed by atoms with E-state index in [0.29, 0.717) is 28.7 Å². The highest BCUT2D eigenvalue weighted by atomic mass is 35.5. The predicted octanol–water partition coefficient (Wildman–Crippen LogP) is 3.80. The van der Waals surface area contributed by atoms with Crippen molar-refractivity contribution in [1.82, 2.24) is 0 Å². The molecule has 0 aliphatic rings. The van der Waals surface area contributed by atoms with Gasteiger partial charge in [-0.05, 0) is 18.2 Å². The minimum Gasteiger partial charge on any atom is -0.497 e. The van der Waals surface area contributed by atoms with Gasteiger partial charge in [-0.2, -0.15) is 5.26 Å². The Morgan fingerprint density at radius 3 is 2.68 bits per heavy atom. The molecule has 0 saturated heterocycles. The van der Waals surface area contributed by atoms with E-state index in [2.05, 4.69) is 6.07 Å². The summed E-state index contributed by atoms with van der Waals surface area (Å²) in [7, 11) is 1.57. The lowest BCUT2D eigenvalue weighted by Gasteiger charge is -2.10. The third kappa shape index (κ3) is 3.18. The smallest absolute Gasteiger partial charge is 0.141 e. The monoisotopic (exact) mass is 273 g/mol. The molecule has 96 valence electrons. The average molecular weight is 274 g/mol. The van der Waals surface area contributed by atoms with Crippen LogP contribution in [0.25, 0.3) is 0 Å². The molecule has 0 aromatic heterocycles. The Kier molecular flexibility index (Phi) is 4.27. The van der Waals surface area contributed by atoms with Gasteiger partial charge >= 0.3 is 0 Å². The Hall–Kier alpha value is -2.18. The van der Waals surface area contributed by atoms with Crippen molar-refractivity contribution in [3.63, 3.8) is 0 Å². The van der Waals surface area contributed by atoms with Gasteiger partial charge in [-0.3, -0.25) is 0 Å². The SMILES string of the molecule is COc1ccc(C#N)c(OCc2ccccc2Cl)c1. The summed E-state index contributed by atoms with van der Waals surface area (Å²) in [5, 5.41) is 9.68. The van der Waals surface area contributed by atoms with Crippen LogP contribution in [0.2, 0.25) is 5.02 Å². The highest BCUT2D eigenvalue weighted by molar-refractivity contribution is 6.31. The lowest BCUT2D eigenvalue weighted by Crippen LogP contribution is -1.98. The van der Waals surface area contributed by atoms with E-state index in [-0.39, 0.29) is 0 Å². The van der Waals surface area contributed by atoms with Crippen LogP contribution in [-0.4, -0.2) is 7.11 Å². The molecule has 0 atom stereocenters. The van der Waals surface area contributed by atoms with Crippen LogP contribution in [0.4, 0.5) is 0 Å². The molecule has 0 amide bonds. The first kappa shape index (κ1) is 13.3. The lowest BCUT2D eigenvalue weighted by molar-refractivity contribution is 0.303. The Morgan fingerprint density at radius 2 is 2.00 bits per heavy atom. The molecule has 0 aliphatic heterocycles. The summed E-state index contributed by atoms with van der Waals surface area (Å²) < 4.78 is 10.8. The van der Waals surface area contributed by atoms with Gasteiger partial charge < -0.3 is 9.47 Å². The van der Waals surface area contributed by atoms with Crippen molar-refractivity contribution >= 4 is 11.6 Å². The Labute approximate surface area is 117 Å². The number of nitrogens with zero attached hydrogens (tertiary/aromatic N) is 1. The summed E-state index contributed by atoms with van der Waals surface area (Å²) in [6.07, 6.45) is 0. The van der Waals surface area contributed by atoms with E-state index in [4.69, 9.17) is 26.3 Å². The first-order chi connectivity index (χ1) is 9.24. The fraction of sp³-hybridized carbons (Fsp3) is 0.133. The van der Waals surface area contributed by atoms with Gasteiger partial charge in [0.15, 0.2) is 0 Å². The van der Waals surface area contributed by atoms with Gasteiger partial charge in [0.1, 0.15) is 24.2 Å². The van der Waals surface area contributed by atoms with Crippen molar-refractivity contribution < 1.29 is 9.47 Å². The fourth-order valence-corrected chi connectivity index (χ4v) is 1.80. The number of nitriles is 1. The third-order valence-electron chi connectivity index (χ3n) is 2.65. The van der Waals surface area contributed by atoms with E-state index in [0.717, 1.165) is 5.56 Å². The van der Waals surface area contributed by atoms with Gasteiger partial charge in [0.05, 0.1) is 12.7 Å². The molecule has 2 rings (SSSR count). The topological polar surface area (TPSA) is 42.2 Å². The fourth-order valence-electron chi connectivity index (χ4n) is 1.61. The van der Waals surface area contributed by atoms with Crippen molar-refractivity contribution in [2.75, 3.05) is 7.11 Å². The average Bonchev–Trinajstić information content (AvgIpc) is 2.46. The maximum atomic E-state index is 9.04. The summed E-state index contributed by atoms with van der Waals surface area (Å²) in [6, 6.07) is 14.6. The highest BCUT2D eigenvalue weighted by Gasteiger charge is 2.07. The quantitative estimate of drug-likeness (QED) is 0.851. The molecule has 4 heteroatoms. The maximum Gasteiger partial charge on any atom is 0.141 e. The van der Waals surface area contributed by atoms with E-state index in [9.17, 15) is 0 Å². The van der Waals surface area contributed by atoms with Crippen molar-refractivity contribution in [3.8, 4) is 17.6 Å². The van der Waals surface area contributed by atoms with E-state index in [1.165, 1.54) is 0 Å². The molecule has 0 aliphatic carbocycles. The van der Waals surface area contributed by atoms with Crippen LogP contribution in [0.15, 0.2) is 42.5 Å². The summed E-state index contributed by atoms with van der Waals surface area (Å²) >= 11 is 6.05. The molecule has 0 heterocycles. The van der Waals surface area contributed by atoms with Gasteiger partial charge in [-0.15, -0.1) is 0 Å². The second kappa shape index (κ2) is 6.12. The molecular formula is C15H12ClNO2. The Bertz CT molecular complexity index is 620. The second-order valence-electron chi connectivity index (χ2n) is 3.85. The summed E-state index contributed by atoms with van der Waals surface area (Å²) in [4.78, 5) is 0. The van der Waals surface area contributed by atoms with E-state index in [1.807, 2.05) is 18.2 Å². The Morgan fingerprint density at radius 1 is 1.21 bits per heavy atom. The molecule has 2 aromatic rings. The van der Waals surface area contributed by atoms with Crippen LogP contribution in [0.5, 0.6) is 11.5 Å². The molecule has 0 fully saturated rings. The van der Waals surface area contributed by atoms with Gasteiger partial charge in [0.25, 0.3) is 0 Å². The number of methoxy groups -OCH3 is 1. The molecule has 19 heavy (non-hydrogen) atoms. The number of ether oxygens (including phenoxy) is 2. The zero-order valence-corrected chi connectivity index (χ0v) is 11.1. The van der Waals surface area contributed by atoms with Crippen LogP contribution in [0, 0.1) is 11.3 Å². The van der Waals surface area contributed by atoms with Gasteiger partial charge in [0.2, 0.25) is 0 Å². The number of hydrogen-bond acceptors (Lipinski definition) is 3. The maximum absolute atomic E-state index is 9.04. The van der Waals surface area contributed by atoms with Gasteiger partial charge in [-0.25, -0.2) is 0 Å². The van der Waals surface area contributed by atoms with Crippen molar-refractivity contribution in [1.29, 1.82) is 5.26 Å². The largest absolute Gasteiger partial charge is 0.497 e. The number of rotatable bonds is 4. The van der Waals surface area contributed by atoms with Crippen LogP contribution >= 0.6 is 11.6 Å². The first-order valence-corrected chi connectivity index (χ1v) is 6.06.